The van der Waals surface area contributed by atoms with Gasteiger partial charge in [-0.15, -0.1) is 0 Å². The van der Waals surface area contributed by atoms with Crippen LogP contribution in [0.25, 0.3) is 11.1 Å². The van der Waals surface area contributed by atoms with Gasteiger partial charge in [0, 0.05) is 12.1 Å². The first-order valence-electron chi connectivity index (χ1n) is 8.16. The maximum Gasteiger partial charge on any atom is 0.254 e. The minimum atomic E-state index is -0.758. The number of benzene rings is 2. The van der Waals surface area contributed by atoms with E-state index in [1.165, 1.54) is 19.2 Å². The monoisotopic (exact) mass is 343 g/mol. The lowest BCUT2D eigenvalue weighted by Gasteiger charge is -2.23. The van der Waals surface area contributed by atoms with Crippen molar-refractivity contribution in [2.75, 3.05) is 13.7 Å². The Morgan fingerprint density at radius 2 is 1.80 bits per heavy atom. The Hall–Kier alpha value is -2.69. The molecule has 130 valence electrons. The van der Waals surface area contributed by atoms with Crippen molar-refractivity contribution in [2.45, 2.75) is 19.4 Å². The molecular weight excluding hydrogens is 324 g/mol. The van der Waals surface area contributed by atoms with Crippen LogP contribution in [0, 0.1) is 11.6 Å². The van der Waals surface area contributed by atoms with E-state index in [2.05, 4.69) is 4.74 Å². The summed E-state index contributed by atoms with van der Waals surface area (Å²) in [6.45, 7) is 2.64. The minimum Gasteiger partial charge on any atom is -0.491 e. The summed E-state index contributed by atoms with van der Waals surface area (Å²) < 4.78 is 32.4. The van der Waals surface area contributed by atoms with Gasteiger partial charge < -0.3 is 9.64 Å². The molecule has 0 aliphatic carbocycles. The predicted octanol–water partition coefficient (Wildman–Crippen LogP) is 4.43. The molecule has 0 bridgehead atoms. The minimum absolute atomic E-state index is 0.0458. The van der Waals surface area contributed by atoms with Gasteiger partial charge in [0.15, 0.2) is 17.4 Å². The summed E-state index contributed by atoms with van der Waals surface area (Å²) in [4.78, 5) is 14.4. The van der Waals surface area contributed by atoms with E-state index in [-0.39, 0.29) is 11.9 Å². The van der Waals surface area contributed by atoms with E-state index in [0.29, 0.717) is 23.2 Å². The van der Waals surface area contributed by atoms with Crippen LogP contribution in [0.4, 0.5) is 8.78 Å². The van der Waals surface area contributed by atoms with Crippen LogP contribution in [0.3, 0.4) is 0 Å². The molecule has 1 amide bonds. The van der Waals surface area contributed by atoms with Gasteiger partial charge in [-0.1, -0.05) is 31.2 Å². The van der Waals surface area contributed by atoms with Gasteiger partial charge in [0.25, 0.3) is 5.91 Å². The first kappa shape index (κ1) is 17.1. The molecule has 0 saturated carbocycles. The summed E-state index contributed by atoms with van der Waals surface area (Å²) in [6.07, 6.45) is 4.89. The number of ether oxygens (including phenoxy) is 1. The maximum absolute atomic E-state index is 13.9. The molecule has 1 heterocycles. The third-order valence-electron chi connectivity index (χ3n) is 4.41. The second-order valence-corrected chi connectivity index (χ2v) is 5.91. The van der Waals surface area contributed by atoms with Crippen molar-refractivity contribution in [2.24, 2.45) is 0 Å². The summed E-state index contributed by atoms with van der Waals surface area (Å²) in [5.41, 5.74) is 1.58. The topological polar surface area (TPSA) is 29.5 Å². The lowest BCUT2D eigenvalue weighted by atomic mass is 10.0. The van der Waals surface area contributed by atoms with E-state index in [1.807, 2.05) is 24.0 Å². The van der Waals surface area contributed by atoms with Crippen molar-refractivity contribution in [3.63, 3.8) is 0 Å². The third-order valence-corrected chi connectivity index (χ3v) is 4.41. The van der Waals surface area contributed by atoms with Crippen LogP contribution in [-0.4, -0.2) is 30.5 Å². The number of halogens is 2. The zero-order chi connectivity index (χ0) is 18.0. The SMILES string of the molecule is CC[C@H]1C=CCN1C(=O)c1ccc(-c2cc(F)c(OC)c(F)c2)cc1. The molecule has 2 aromatic carbocycles. The highest BCUT2D eigenvalue weighted by molar-refractivity contribution is 5.95. The summed E-state index contributed by atoms with van der Waals surface area (Å²) in [7, 11) is 1.22. The molecule has 2 aromatic rings. The Kier molecular flexibility index (Phi) is 4.83. The van der Waals surface area contributed by atoms with Gasteiger partial charge >= 0.3 is 0 Å². The summed E-state index contributed by atoms with van der Waals surface area (Å²) in [5.74, 6) is -1.96. The molecule has 25 heavy (non-hydrogen) atoms. The standard InChI is InChI=1S/C20H19F2NO2/c1-3-16-5-4-10-23(16)20(24)14-8-6-13(7-9-14)15-11-17(21)19(25-2)18(22)12-15/h4-9,11-12,16H,3,10H2,1-2H3/t16-/m0/s1. The highest BCUT2D eigenvalue weighted by Gasteiger charge is 2.24. The Bertz CT molecular complexity index is 792. The normalized spacial score (nSPS) is 16.3. The van der Waals surface area contributed by atoms with Crippen molar-refractivity contribution >= 4 is 5.91 Å². The molecule has 3 nitrogen and oxygen atoms in total. The number of nitrogens with zero attached hydrogens (tertiary/aromatic N) is 1. The number of carbonyl (C=O) groups excluding carboxylic acids is 1. The van der Waals surface area contributed by atoms with Gasteiger partial charge in [-0.3, -0.25) is 4.79 Å². The third kappa shape index (κ3) is 3.27. The first-order chi connectivity index (χ1) is 12.0. The van der Waals surface area contributed by atoms with Crippen molar-refractivity contribution in [1.29, 1.82) is 0 Å². The van der Waals surface area contributed by atoms with Gasteiger partial charge in [0.2, 0.25) is 0 Å². The van der Waals surface area contributed by atoms with E-state index in [1.54, 1.807) is 24.3 Å². The Morgan fingerprint density at radius 3 is 2.36 bits per heavy atom. The number of amides is 1. The van der Waals surface area contributed by atoms with E-state index < -0.39 is 17.4 Å². The van der Waals surface area contributed by atoms with Gasteiger partial charge in [0.05, 0.1) is 13.2 Å². The van der Waals surface area contributed by atoms with E-state index in [4.69, 9.17) is 0 Å². The Balaban J connectivity index is 1.84. The number of rotatable bonds is 4. The Labute approximate surface area is 145 Å². The molecule has 3 rings (SSSR count). The number of hydrogen-bond donors (Lipinski definition) is 0. The van der Waals surface area contributed by atoms with Crippen LogP contribution in [0.2, 0.25) is 0 Å². The second kappa shape index (κ2) is 7.05. The smallest absolute Gasteiger partial charge is 0.254 e. The molecule has 0 unspecified atom stereocenters. The average molecular weight is 343 g/mol. The first-order valence-corrected chi connectivity index (χ1v) is 8.16. The molecule has 0 spiro atoms. The number of carbonyl (C=O) groups is 1. The van der Waals surface area contributed by atoms with Crippen molar-refractivity contribution in [1.82, 2.24) is 4.90 Å². The van der Waals surface area contributed by atoms with Gasteiger partial charge in [-0.25, -0.2) is 8.78 Å². The molecule has 1 aliphatic rings. The zero-order valence-corrected chi connectivity index (χ0v) is 14.1. The van der Waals surface area contributed by atoms with Gasteiger partial charge in [-0.05, 0) is 41.8 Å². The van der Waals surface area contributed by atoms with Crippen LogP contribution in [-0.2, 0) is 0 Å². The fourth-order valence-corrected chi connectivity index (χ4v) is 3.05. The lowest BCUT2D eigenvalue weighted by molar-refractivity contribution is 0.0747. The van der Waals surface area contributed by atoms with E-state index in [0.717, 1.165) is 6.42 Å². The highest BCUT2D eigenvalue weighted by atomic mass is 19.1. The van der Waals surface area contributed by atoms with Gasteiger partial charge in [0.1, 0.15) is 0 Å². The van der Waals surface area contributed by atoms with Crippen molar-refractivity contribution in [3.05, 3.63) is 65.7 Å². The fraction of sp³-hybridized carbons (Fsp3) is 0.250. The van der Waals surface area contributed by atoms with Crippen molar-refractivity contribution in [3.8, 4) is 16.9 Å². The molecule has 5 heteroatoms. The van der Waals surface area contributed by atoms with Crippen LogP contribution in [0.1, 0.15) is 23.7 Å². The van der Waals surface area contributed by atoms with E-state index >= 15 is 0 Å². The fourth-order valence-electron chi connectivity index (χ4n) is 3.05. The van der Waals surface area contributed by atoms with Gasteiger partial charge in [-0.2, -0.15) is 0 Å². The van der Waals surface area contributed by atoms with E-state index in [9.17, 15) is 13.6 Å². The lowest BCUT2D eigenvalue weighted by Crippen LogP contribution is -2.35. The molecule has 0 aromatic heterocycles. The summed E-state index contributed by atoms with van der Waals surface area (Å²) in [5, 5.41) is 0. The predicted molar refractivity (Wildman–Crippen MR) is 92.6 cm³/mol. The Morgan fingerprint density at radius 1 is 1.16 bits per heavy atom. The average Bonchev–Trinajstić information content (AvgIpc) is 3.09. The zero-order valence-electron chi connectivity index (χ0n) is 14.1. The summed E-state index contributed by atoms with van der Waals surface area (Å²) in [6, 6.07) is 9.31. The molecule has 0 radical (unpaired) electrons. The molecular formula is C20H19F2NO2. The molecule has 0 saturated heterocycles. The number of hydrogen-bond acceptors (Lipinski definition) is 2. The molecule has 0 fully saturated rings. The maximum atomic E-state index is 13.9. The largest absolute Gasteiger partial charge is 0.491 e. The summed E-state index contributed by atoms with van der Waals surface area (Å²) >= 11 is 0. The van der Waals surface area contributed by atoms with Crippen LogP contribution in [0.15, 0.2) is 48.6 Å². The highest BCUT2D eigenvalue weighted by Crippen LogP contribution is 2.29. The molecule has 0 N–H and O–H groups in total. The molecule has 1 atom stereocenters. The quantitative estimate of drug-likeness (QED) is 0.769. The van der Waals surface area contributed by atoms with Crippen LogP contribution < -0.4 is 4.74 Å². The second-order valence-electron chi connectivity index (χ2n) is 5.91. The van der Waals surface area contributed by atoms with Crippen LogP contribution >= 0.6 is 0 Å². The molecule has 1 aliphatic heterocycles. The number of methoxy groups -OCH3 is 1. The van der Waals surface area contributed by atoms with Crippen LogP contribution in [0.5, 0.6) is 5.75 Å². The van der Waals surface area contributed by atoms with Crippen molar-refractivity contribution < 1.29 is 18.3 Å².